The fourth-order valence-corrected chi connectivity index (χ4v) is 3.27. The molecule has 0 aliphatic carbocycles. The Morgan fingerprint density at radius 1 is 1.33 bits per heavy atom. The van der Waals surface area contributed by atoms with Gasteiger partial charge in [-0.1, -0.05) is 0 Å². The van der Waals surface area contributed by atoms with E-state index in [2.05, 4.69) is 22.6 Å². The van der Waals surface area contributed by atoms with E-state index in [4.69, 9.17) is 0 Å². The zero-order valence-corrected chi connectivity index (χ0v) is 13.1. The summed E-state index contributed by atoms with van der Waals surface area (Å²) in [6, 6.07) is 8.23. The lowest BCUT2D eigenvalue weighted by Gasteiger charge is -2.17. The number of nitrogens with one attached hydrogen (secondary N) is 1. The van der Waals surface area contributed by atoms with Crippen LogP contribution in [0.25, 0.3) is 0 Å². The van der Waals surface area contributed by atoms with Gasteiger partial charge in [-0.25, -0.2) is 4.98 Å². The van der Waals surface area contributed by atoms with Crippen molar-refractivity contribution in [1.82, 2.24) is 4.98 Å². The first-order valence-electron chi connectivity index (χ1n) is 7.22. The smallest absolute Gasteiger partial charge is 0.227 e. The molecule has 21 heavy (non-hydrogen) atoms. The number of thiazole rings is 1. The Bertz CT molecular complexity index is 635. The van der Waals surface area contributed by atoms with E-state index >= 15 is 0 Å². The number of carbonyl (C=O) groups is 1. The molecule has 2 heterocycles. The summed E-state index contributed by atoms with van der Waals surface area (Å²) in [5.74, 6) is 0.224. The van der Waals surface area contributed by atoms with Crippen molar-refractivity contribution in [2.45, 2.75) is 32.7 Å². The number of carbonyl (C=O) groups excluding carboxylic acids is 1. The van der Waals surface area contributed by atoms with E-state index in [1.807, 2.05) is 36.1 Å². The number of nitrogens with zero attached hydrogens (tertiary/aromatic N) is 2. The van der Waals surface area contributed by atoms with Gasteiger partial charge in [0.25, 0.3) is 0 Å². The lowest BCUT2D eigenvalue weighted by atomic mass is 10.2. The molecule has 1 aromatic heterocycles. The van der Waals surface area contributed by atoms with E-state index < -0.39 is 0 Å². The van der Waals surface area contributed by atoms with E-state index in [0.29, 0.717) is 6.42 Å². The van der Waals surface area contributed by atoms with Crippen molar-refractivity contribution in [1.29, 1.82) is 0 Å². The molecule has 1 unspecified atom stereocenters. The van der Waals surface area contributed by atoms with Crippen LogP contribution in [0, 0.1) is 6.92 Å². The first kappa shape index (κ1) is 14.1. The largest absolute Gasteiger partial charge is 0.377 e. The predicted octanol–water partition coefficient (Wildman–Crippen LogP) is 3.75. The molecule has 5 heteroatoms. The van der Waals surface area contributed by atoms with Gasteiger partial charge in [0.15, 0.2) is 0 Å². The maximum absolute atomic E-state index is 11.7. The molecule has 1 N–H and O–H groups in total. The number of rotatable bonds is 4. The summed E-state index contributed by atoms with van der Waals surface area (Å²) in [6.45, 7) is 4.95. The highest BCUT2D eigenvalue weighted by Gasteiger charge is 2.21. The lowest BCUT2D eigenvalue weighted by molar-refractivity contribution is -0.117. The molecule has 1 aromatic carbocycles. The van der Waals surface area contributed by atoms with Gasteiger partial charge in [0.1, 0.15) is 0 Å². The molecular weight excluding hydrogens is 282 g/mol. The molecule has 4 nitrogen and oxygen atoms in total. The van der Waals surface area contributed by atoms with Gasteiger partial charge in [0, 0.05) is 29.7 Å². The molecule has 0 spiro atoms. The summed E-state index contributed by atoms with van der Waals surface area (Å²) >= 11 is 1.67. The second-order valence-corrected chi connectivity index (χ2v) is 6.42. The Morgan fingerprint density at radius 2 is 2.10 bits per heavy atom. The minimum Gasteiger partial charge on any atom is -0.377 e. The predicted molar refractivity (Wildman–Crippen MR) is 86.9 cm³/mol. The van der Waals surface area contributed by atoms with E-state index in [1.165, 1.54) is 0 Å². The van der Waals surface area contributed by atoms with Crippen LogP contribution in [0.3, 0.4) is 0 Å². The fraction of sp³-hybridized carbons (Fsp3) is 0.375. The lowest BCUT2D eigenvalue weighted by Crippen LogP contribution is -2.23. The minimum absolute atomic E-state index is 0.175. The third-order valence-corrected chi connectivity index (χ3v) is 4.51. The van der Waals surface area contributed by atoms with Crippen molar-refractivity contribution < 1.29 is 4.79 Å². The summed E-state index contributed by atoms with van der Waals surface area (Å²) in [4.78, 5) is 18.1. The number of hydrogen-bond donors (Lipinski definition) is 1. The Kier molecular flexibility index (Phi) is 3.92. The van der Waals surface area contributed by atoms with Crippen LogP contribution < -0.4 is 10.2 Å². The molecule has 1 aliphatic heterocycles. The highest BCUT2D eigenvalue weighted by atomic mass is 32.1. The average Bonchev–Trinajstić information content (AvgIpc) is 3.08. The molecular formula is C16H19N3OS. The molecule has 3 rings (SSSR count). The molecule has 110 valence electrons. The average molecular weight is 301 g/mol. The number of anilines is 2. The van der Waals surface area contributed by atoms with Crippen molar-refractivity contribution in [2.75, 3.05) is 16.8 Å². The molecule has 1 atom stereocenters. The zero-order chi connectivity index (χ0) is 14.8. The second kappa shape index (κ2) is 5.85. The van der Waals surface area contributed by atoms with Crippen molar-refractivity contribution in [3.63, 3.8) is 0 Å². The standard InChI is InChI=1S/C16H19N3OS/c1-11(15-10-21-12(2)18-15)17-13-5-7-14(8-6-13)19-9-3-4-16(19)20/h5-8,10-11,17H,3-4,9H2,1-2H3. The maximum Gasteiger partial charge on any atom is 0.227 e. The molecule has 2 aromatic rings. The summed E-state index contributed by atoms with van der Waals surface area (Å²) in [6.07, 6.45) is 1.62. The van der Waals surface area contributed by atoms with Crippen LogP contribution in [-0.2, 0) is 4.79 Å². The third kappa shape index (κ3) is 3.08. The Balaban J connectivity index is 1.68. The van der Waals surface area contributed by atoms with Crippen molar-refractivity contribution in [2.24, 2.45) is 0 Å². The summed E-state index contributed by atoms with van der Waals surface area (Å²) in [5.41, 5.74) is 3.10. The highest BCUT2D eigenvalue weighted by Crippen LogP contribution is 2.25. The van der Waals surface area contributed by atoms with Crippen LogP contribution >= 0.6 is 11.3 Å². The van der Waals surface area contributed by atoms with Crippen LogP contribution in [0.5, 0.6) is 0 Å². The first-order valence-corrected chi connectivity index (χ1v) is 8.10. The van der Waals surface area contributed by atoms with Crippen LogP contribution in [0.1, 0.15) is 36.5 Å². The Morgan fingerprint density at radius 3 is 2.67 bits per heavy atom. The van der Waals surface area contributed by atoms with E-state index in [0.717, 1.165) is 35.0 Å². The Hall–Kier alpha value is -1.88. The number of benzene rings is 1. The third-order valence-electron chi connectivity index (χ3n) is 3.72. The number of aryl methyl sites for hydroxylation is 1. The summed E-state index contributed by atoms with van der Waals surface area (Å²) < 4.78 is 0. The molecule has 1 saturated heterocycles. The first-order chi connectivity index (χ1) is 10.1. The van der Waals surface area contributed by atoms with Crippen LogP contribution in [0.15, 0.2) is 29.6 Å². The fourth-order valence-electron chi connectivity index (χ4n) is 2.56. The van der Waals surface area contributed by atoms with E-state index in [-0.39, 0.29) is 11.9 Å². The van der Waals surface area contributed by atoms with Gasteiger partial charge in [-0.05, 0) is 44.5 Å². The van der Waals surface area contributed by atoms with Crippen LogP contribution in [0.4, 0.5) is 11.4 Å². The van der Waals surface area contributed by atoms with Crippen LogP contribution in [0.2, 0.25) is 0 Å². The molecule has 1 aliphatic rings. The second-order valence-electron chi connectivity index (χ2n) is 5.35. The van der Waals surface area contributed by atoms with Gasteiger partial charge in [0.2, 0.25) is 5.91 Å². The number of aromatic nitrogens is 1. The van der Waals surface area contributed by atoms with Gasteiger partial charge in [-0.2, -0.15) is 0 Å². The SMILES string of the molecule is Cc1nc(C(C)Nc2ccc(N3CCCC3=O)cc2)cs1. The van der Waals surface area contributed by atoms with Crippen molar-refractivity contribution in [3.05, 3.63) is 40.3 Å². The quantitative estimate of drug-likeness (QED) is 0.935. The topological polar surface area (TPSA) is 45.2 Å². The summed E-state index contributed by atoms with van der Waals surface area (Å²) in [5, 5.41) is 6.61. The minimum atomic E-state index is 0.175. The number of hydrogen-bond acceptors (Lipinski definition) is 4. The van der Waals surface area contributed by atoms with Gasteiger partial charge in [0.05, 0.1) is 16.7 Å². The molecule has 0 bridgehead atoms. The highest BCUT2D eigenvalue weighted by molar-refractivity contribution is 7.09. The van der Waals surface area contributed by atoms with Crippen LogP contribution in [-0.4, -0.2) is 17.4 Å². The zero-order valence-electron chi connectivity index (χ0n) is 12.3. The van der Waals surface area contributed by atoms with Gasteiger partial charge < -0.3 is 10.2 Å². The van der Waals surface area contributed by atoms with Gasteiger partial charge in [-0.3, -0.25) is 4.79 Å². The molecule has 1 fully saturated rings. The monoisotopic (exact) mass is 301 g/mol. The Labute approximate surface area is 128 Å². The van der Waals surface area contributed by atoms with Crippen molar-refractivity contribution >= 4 is 28.6 Å². The van der Waals surface area contributed by atoms with Gasteiger partial charge >= 0.3 is 0 Å². The van der Waals surface area contributed by atoms with Gasteiger partial charge in [-0.15, -0.1) is 11.3 Å². The van der Waals surface area contributed by atoms with E-state index in [9.17, 15) is 4.79 Å². The number of amides is 1. The molecule has 0 radical (unpaired) electrons. The molecule has 1 amide bonds. The maximum atomic E-state index is 11.7. The van der Waals surface area contributed by atoms with Crippen molar-refractivity contribution in [3.8, 4) is 0 Å². The molecule has 0 saturated carbocycles. The normalized spacial score (nSPS) is 16.3. The van der Waals surface area contributed by atoms with E-state index in [1.54, 1.807) is 11.3 Å². The summed E-state index contributed by atoms with van der Waals surface area (Å²) in [7, 11) is 0.